The van der Waals surface area contributed by atoms with E-state index >= 15 is 0 Å². The fraction of sp³-hybridized carbons (Fsp3) is 1.00. The minimum atomic E-state index is -2.16. The van der Waals surface area contributed by atoms with Crippen LogP contribution < -0.4 is 0 Å². The minimum Gasteiger partial charge on any atom is -0.385 e. The van der Waals surface area contributed by atoms with Crippen LogP contribution in [0.25, 0.3) is 0 Å². The van der Waals surface area contributed by atoms with Gasteiger partial charge in [0.05, 0.1) is 0 Å². The maximum atomic E-state index is 13.1. The quantitative estimate of drug-likeness (QED) is 0.624. The highest BCUT2D eigenvalue weighted by molar-refractivity contribution is 6.49. The lowest BCUT2D eigenvalue weighted by Crippen LogP contribution is -2.48. The third-order valence-corrected chi connectivity index (χ3v) is 3.01. The third-order valence-electron chi connectivity index (χ3n) is 1.82. The van der Waals surface area contributed by atoms with Crippen LogP contribution in [-0.2, 0) is 0 Å². The molecule has 0 radical (unpaired) electrons. The van der Waals surface area contributed by atoms with Crippen LogP contribution in [0.2, 0.25) is 0 Å². The van der Waals surface area contributed by atoms with Crippen molar-refractivity contribution in [3.05, 3.63) is 0 Å². The summed E-state index contributed by atoms with van der Waals surface area (Å²) in [6, 6.07) is 0. The monoisotopic (exact) mass is 220 g/mol. The number of halogens is 4. The molecule has 66 valence electrons. The highest BCUT2D eigenvalue weighted by Gasteiger charge is 2.51. The van der Waals surface area contributed by atoms with Gasteiger partial charge >= 0.3 is 0 Å². The fourth-order valence-electron chi connectivity index (χ4n) is 1.14. The Morgan fingerprint density at radius 1 is 1.27 bits per heavy atom. The van der Waals surface area contributed by atoms with Crippen LogP contribution in [-0.4, -0.2) is 20.7 Å². The van der Waals surface area contributed by atoms with Crippen LogP contribution in [0.3, 0.4) is 0 Å². The van der Waals surface area contributed by atoms with Crippen molar-refractivity contribution in [1.29, 1.82) is 0 Å². The first-order valence-corrected chi connectivity index (χ1v) is 4.43. The van der Waals surface area contributed by atoms with E-state index in [9.17, 15) is 9.50 Å². The molecule has 1 aliphatic carbocycles. The lowest BCUT2D eigenvalue weighted by Gasteiger charge is -2.37. The number of alkyl halides is 4. The molecule has 2 atom stereocenters. The molecular formula is C6H8Cl3FO. The van der Waals surface area contributed by atoms with Crippen LogP contribution in [0.1, 0.15) is 19.3 Å². The molecule has 0 bridgehead atoms. The highest BCUT2D eigenvalue weighted by atomic mass is 35.5. The summed E-state index contributed by atoms with van der Waals surface area (Å²) in [5.74, 6) is 0. The molecule has 0 aromatic heterocycles. The van der Waals surface area contributed by atoms with E-state index in [1.807, 2.05) is 0 Å². The number of rotatable bonds is 0. The Morgan fingerprint density at radius 2 is 1.82 bits per heavy atom. The van der Waals surface area contributed by atoms with Gasteiger partial charge in [-0.2, -0.15) is 0 Å². The zero-order valence-electron chi connectivity index (χ0n) is 5.66. The predicted octanol–water partition coefficient (Wildman–Crippen LogP) is 2.61. The van der Waals surface area contributed by atoms with E-state index in [4.69, 9.17) is 34.8 Å². The van der Waals surface area contributed by atoms with Gasteiger partial charge in [0.1, 0.15) is 10.4 Å². The first kappa shape index (κ1) is 9.85. The first-order valence-electron chi connectivity index (χ1n) is 3.30. The maximum absolute atomic E-state index is 13.1. The van der Waals surface area contributed by atoms with Crippen LogP contribution >= 0.6 is 34.8 Å². The second kappa shape index (κ2) is 2.91. The minimum absolute atomic E-state index is 0.0942. The summed E-state index contributed by atoms with van der Waals surface area (Å²) < 4.78 is 11.7. The molecule has 1 aliphatic rings. The molecule has 0 unspecified atom stereocenters. The zero-order valence-corrected chi connectivity index (χ0v) is 7.93. The summed E-state index contributed by atoms with van der Waals surface area (Å²) in [5, 5.41) is 7.03. The number of aliphatic hydroxyl groups is 1. The van der Waals surface area contributed by atoms with Gasteiger partial charge < -0.3 is 5.11 Å². The average molecular weight is 221 g/mol. The Bertz CT molecular complexity index is 144. The van der Waals surface area contributed by atoms with Crippen LogP contribution in [0.5, 0.6) is 0 Å². The van der Waals surface area contributed by atoms with E-state index in [0.29, 0.717) is 12.8 Å². The topological polar surface area (TPSA) is 20.2 Å². The van der Waals surface area contributed by atoms with Crippen molar-refractivity contribution in [3.8, 4) is 0 Å². The van der Waals surface area contributed by atoms with E-state index in [1.165, 1.54) is 0 Å². The molecule has 1 N–H and O–H groups in total. The van der Waals surface area contributed by atoms with Crippen molar-refractivity contribution in [2.45, 2.75) is 34.8 Å². The van der Waals surface area contributed by atoms with Crippen LogP contribution in [0, 0.1) is 0 Å². The van der Waals surface area contributed by atoms with Gasteiger partial charge in [0.25, 0.3) is 0 Å². The van der Waals surface area contributed by atoms with Gasteiger partial charge in [0, 0.05) is 0 Å². The van der Waals surface area contributed by atoms with E-state index in [-0.39, 0.29) is 6.42 Å². The SMILES string of the molecule is O[C@@H]1C(Cl)(Cl)CCC[C@@]1(F)Cl. The van der Waals surface area contributed by atoms with Crippen molar-refractivity contribution < 1.29 is 9.50 Å². The molecule has 1 saturated carbocycles. The average Bonchev–Trinajstić information content (AvgIpc) is 1.82. The Kier molecular flexibility index (Phi) is 2.61. The smallest absolute Gasteiger partial charge is 0.212 e. The largest absolute Gasteiger partial charge is 0.385 e. The number of aliphatic hydroxyl groups excluding tert-OH is 1. The summed E-state index contributed by atoms with van der Waals surface area (Å²) in [4.78, 5) is 0. The van der Waals surface area contributed by atoms with E-state index < -0.39 is 15.6 Å². The molecule has 1 rings (SSSR count). The summed E-state index contributed by atoms with van der Waals surface area (Å²) in [6.45, 7) is 0. The molecule has 11 heavy (non-hydrogen) atoms. The number of hydrogen-bond donors (Lipinski definition) is 1. The van der Waals surface area contributed by atoms with Crippen LogP contribution in [0.4, 0.5) is 4.39 Å². The van der Waals surface area contributed by atoms with Gasteiger partial charge in [-0.15, -0.1) is 0 Å². The molecule has 1 nitrogen and oxygen atoms in total. The van der Waals surface area contributed by atoms with Gasteiger partial charge in [-0.1, -0.05) is 34.8 Å². The molecule has 0 spiro atoms. The fourth-order valence-corrected chi connectivity index (χ4v) is 2.19. The molecule has 5 heteroatoms. The summed E-state index contributed by atoms with van der Waals surface area (Å²) in [6.07, 6.45) is -0.551. The number of hydrogen-bond acceptors (Lipinski definition) is 1. The first-order chi connectivity index (χ1) is 4.86. The normalized spacial score (nSPS) is 43.9. The van der Waals surface area contributed by atoms with Crippen molar-refractivity contribution in [2.75, 3.05) is 0 Å². The second-order valence-electron chi connectivity index (χ2n) is 2.78. The molecular weight excluding hydrogens is 213 g/mol. The molecule has 0 amide bonds. The lowest BCUT2D eigenvalue weighted by atomic mass is 9.94. The molecule has 0 aromatic carbocycles. The molecule has 0 saturated heterocycles. The zero-order chi connectivity index (χ0) is 8.70. The Hall–Kier alpha value is 0.760. The predicted molar refractivity (Wildman–Crippen MR) is 44.0 cm³/mol. The second-order valence-corrected chi connectivity index (χ2v) is 4.95. The molecule has 1 fully saturated rings. The summed E-state index contributed by atoms with van der Waals surface area (Å²) in [5.41, 5.74) is 0. The van der Waals surface area contributed by atoms with Crippen LogP contribution in [0.15, 0.2) is 0 Å². The van der Waals surface area contributed by atoms with Gasteiger partial charge in [0.15, 0.2) is 0 Å². The summed E-state index contributed by atoms with van der Waals surface area (Å²) >= 11 is 16.5. The Labute approximate surface area is 79.4 Å². The van der Waals surface area contributed by atoms with Crippen molar-refractivity contribution in [1.82, 2.24) is 0 Å². The summed E-state index contributed by atoms with van der Waals surface area (Å²) in [7, 11) is 0. The van der Waals surface area contributed by atoms with Crippen molar-refractivity contribution in [3.63, 3.8) is 0 Å². The van der Waals surface area contributed by atoms with Gasteiger partial charge in [-0.05, 0) is 19.3 Å². The Balaban J connectivity index is 2.76. The van der Waals surface area contributed by atoms with E-state index in [0.717, 1.165) is 0 Å². The van der Waals surface area contributed by atoms with Crippen molar-refractivity contribution >= 4 is 34.8 Å². The standard InChI is InChI=1S/C6H8Cl3FO/c7-5(8)2-1-3-6(9,10)4(5)11/h4,11H,1-3H2/t4-,6+/m1/s1. The van der Waals surface area contributed by atoms with Gasteiger partial charge in [0.2, 0.25) is 5.13 Å². The molecule has 0 heterocycles. The van der Waals surface area contributed by atoms with E-state index in [1.54, 1.807) is 0 Å². The molecule has 0 aliphatic heterocycles. The highest BCUT2D eigenvalue weighted by Crippen LogP contribution is 2.46. The van der Waals surface area contributed by atoms with Crippen molar-refractivity contribution in [2.24, 2.45) is 0 Å². The molecule has 0 aromatic rings. The third kappa shape index (κ3) is 1.92. The van der Waals surface area contributed by atoms with Gasteiger partial charge in [-0.3, -0.25) is 0 Å². The van der Waals surface area contributed by atoms with E-state index in [2.05, 4.69) is 0 Å². The lowest BCUT2D eigenvalue weighted by molar-refractivity contribution is 0.00913. The van der Waals surface area contributed by atoms with Gasteiger partial charge in [-0.25, -0.2) is 4.39 Å². The maximum Gasteiger partial charge on any atom is 0.212 e. The Morgan fingerprint density at radius 3 is 2.18 bits per heavy atom.